The molecule has 3 N–H and O–H groups in total. The number of carbonyl (C=O) groups is 1. The summed E-state index contributed by atoms with van der Waals surface area (Å²) in [5.41, 5.74) is 8.02. The molecule has 5 nitrogen and oxygen atoms in total. The largest absolute Gasteiger partial charge is 0.497 e. The van der Waals surface area contributed by atoms with E-state index >= 15 is 0 Å². The van der Waals surface area contributed by atoms with Crippen LogP contribution in [0.15, 0.2) is 53.1 Å². The molecule has 0 radical (unpaired) electrons. The number of pyridine rings is 1. The van der Waals surface area contributed by atoms with Crippen molar-refractivity contribution in [1.29, 1.82) is 0 Å². The highest BCUT2D eigenvalue weighted by molar-refractivity contribution is 9.10. The Labute approximate surface area is 141 Å². The van der Waals surface area contributed by atoms with E-state index in [9.17, 15) is 4.79 Å². The highest BCUT2D eigenvalue weighted by atomic mass is 79.9. The quantitative estimate of drug-likeness (QED) is 0.729. The average molecular weight is 372 g/mol. The molecular formula is C17H14BrN3O2. The molecule has 6 heteroatoms. The van der Waals surface area contributed by atoms with Gasteiger partial charge >= 0.3 is 0 Å². The third-order valence-electron chi connectivity index (χ3n) is 3.46. The van der Waals surface area contributed by atoms with E-state index in [0.29, 0.717) is 22.5 Å². The number of nitrogens with one attached hydrogen (secondary N) is 1. The van der Waals surface area contributed by atoms with Gasteiger partial charge in [-0.15, -0.1) is 0 Å². The number of halogens is 1. The second-order valence-corrected chi connectivity index (χ2v) is 5.84. The fourth-order valence-corrected chi connectivity index (χ4v) is 2.56. The lowest BCUT2D eigenvalue weighted by atomic mass is 10.1. The number of hydrogen-bond acceptors (Lipinski definition) is 4. The molecule has 0 unspecified atom stereocenters. The molecule has 116 valence electrons. The average Bonchev–Trinajstić information content (AvgIpc) is 2.56. The summed E-state index contributed by atoms with van der Waals surface area (Å²) in [7, 11) is 1.60. The molecule has 1 aromatic heterocycles. The zero-order valence-electron chi connectivity index (χ0n) is 12.3. The fourth-order valence-electron chi connectivity index (χ4n) is 2.30. The van der Waals surface area contributed by atoms with Gasteiger partial charge in [-0.3, -0.25) is 9.78 Å². The van der Waals surface area contributed by atoms with Gasteiger partial charge in [0.1, 0.15) is 5.75 Å². The van der Waals surface area contributed by atoms with Crippen molar-refractivity contribution in [2.24, 2.45) is 5.73 Å². The van der Waals surface area contributed by atoms with Gasteiger partial charge in [-0.25, -0.2) is 0 Å². The van der Waals surface area contributed by atoms with Crippen molar-refractivity contribution in [3.05, 3.63) is 58.7 Å². The summed E-state index contributed by atoms with van der Waals surface area (Å²) in [6, 6.07) is 13.1. The highest BCUT2D eigenvalue weighted by Gasteiger charge is 2.14. The first-order valence-electron chi connectivity index (χ1n) is 6.87. The van der Waals surface area contributed by atoms with Crippen molar-refractivity contribution >= 4 is 44.1 Å². The molecule has 0 saturated heterocycles. The lowest BCUT2D eigenvalue weighted by Gasteiger charge is -2.13. The van der Waals surface area contributed by atoms with Crippen LogP contribution in [0.5, 0.6) is 5.75 Å². The monoisotopic (exact) mass is 371 g/mol. The van der Waals surface area contributed by atoms with E-state index in [1.165, 1.54) is 6.20 Å². The predicted molar refractivity (Wildman–Crippen MR) is 94.2 cm³/mol. The van der Waals surface area contributed by atoms with Crippen LogP contribution in [0.4, 0.5) is 11.4 Å². The van der Waals surface area contributed by atoms with Gasteiger partial charge in [0.05, 0.1) is 23.9 Å². The zero-order valence-corrected chi connectivity index (χ0v) is 13.9. The Balaban J connectivity index is 2.16. The smallest absolute Gasteiger partial charge is 0.252 e. The highest BCUT2D eigenvalue weighted by Crippen LogP contribution is 2.31. The molecule has 0 atom stereocenters. The second-order valence-electron chi connectivity index (χ2n) is 4.93. The number of amides is 1. The predicted octanol–water partition coefficient (Wildman–Crippen LogP) is 3.85. The number of rotatable bonds is 4. The van der Waals surface area contributed by atoms with Crippen LogP contribution in [0.3, 0.4) is 0 Å². The Morgan fingerprint density at radius 1 is 1.22 bits per heavy atom. The molecular weight excluding hydrogens is 358 g/mol. The van der Waals surface area contributed by atoms with Gasteiger partial charge in [0.2, 0.25) is 0 Å². The normalized spacial score (nSPS) is 10.5. The number of anilines is 2. The van der Waals surface area contributed by atoms with Crippen LogP contribution in [0, 0.1) is 0 Å². The maximum Gasteiger partial charge on any atom is 0.252 e. The molecule has 23 heavy (non-hydrogen) atoms. The van der Waals surface area contributed by atoms with Gasteiger partial charge in [-0.2, -0.15) is 0 Å². The Morgan fingerprint density at radius 2 is 1.96 bits per heavy atom. The summed E-state index contributed by atoms with van der Waals surface area (Å²) in [4.78, 5) is 16.0. The van der Waals surface area contributed by atoms with Crippen molar-refractivity contribution in [1.82, 2.24) is 4.98 Å². The molecule has 2 aromatic carbocycles. The van der Waals surface area contributed by atoms with Gasteiger partial charge in [0.15, 0.2) is 0 Å². The lowest BCUT2D eigenvalue weighted by Crippen LogP contribution is -2.14. The summed E-state index contributed by atoms with van der Waals surface area (Å²) in [6.45, 7) is 0. The van der Waals surface area contributed by atoms with Gasteiger partial charge in [0.25, 0.3) is 5.91 Å². The first-order valence-corrected chi connectivity index (χ1v) is 7.67. The van der Waals surface area contributed by atoms with Gasteiger partial charge in [-0.05, 0) is 36.4 Å². The Bertz CT molecular complexity index is 879. The maximum absolute atomic E-state index is 11.7. The number of benzene rings is 2. The summed E-state index contributed by atoms with van der Waals surface area (Å²) in [5.74, 6) is 0.168. The van der Waals surface area contributed by atoms with Crippen molar-refractivity contribution in [2.75, 3.05) is 12.4 Å². The third-order valence-corrected chi connectivity index (χ3v) is 3.98. The standard InChI is InChI=1S/C17H14BrN3O2/c1-23-12-6-7-13-15(8-12)20-9-14(17(19)22)16(13)21-11-4-2-10(18)3-5-11/h2-9H,1H3,(H2,19,22)(H,20,21). The molecule has 0 aliphatic heterocycles. The summed E-state index contributed by atoms with van der Waals surface area (Å²) in [5, 5.41) is 4.06. The molecule has 0 spiro atoms. The number of methoxy groups -OCH3 is 1. The molecule has 1 heterocycles. The molecule has 1 amide bonds. The Kier molecular flexibility index (Phi) is 4.16. The van der Waals surface area contributed by atoms with E-state index in [1.807, 2.05) is 42.5 Å². The first kappa shape index (κ1) is 15.3. The van der Waals surface area contributed by atoms with Crippen LogP contribution in [0.25, 0.3) is 10.9 Å². The van der Waals surface area contributed by atoms with Crippen LogP contribution in [0.2, 0.25) is 0 Å². The van der Waals surface area contributed by atoms with Gasteiger partial charge < -0.3 is 15.8 Å². The summed E-state index contributed by atoms with van der Waals surface area (Å²) in [6.07, 6.45) is 1.48. The molecule has 3 aromatic rings. The Hall–Kier alpha value is -2.60. The molecule has 0 aliphatic rings. The maximum atomic E-state index is 11.7. The van der Waals surface area contributed by atoms with Crippen molar-refractivity contribution < 1.29 is 9.53 Å². The van der Waals surface area contributed by atoms with Crippen LogP contribution in [-0.4, -0.2) is 18.0 Å². The number of hydrogen-bond donors (Lipinski definition) is 2. The fraction of sp³-hybridized carbons (Fsp3) is 0.0588. The SMILES string of the molecule is COc1ccc2c(Nc3ccc(Br)cc3)c(C(N)=O)cnc2c1. The lowest BCUT2D eigenvalue weighted by molar-refractivity contribution is 0.100. The van der Waals surface area contributed by atoms with Gasteiger partial charge in [0, 0.05) is 27.8 Å². The number of nitrogens with two attached hydrogens (primary N) is 1. The van der Waals surface area contributed by atoms with Crippen LogP contribution < -0.4 is 15.8 Å². The van der Waals surface area contributed by atoms with Gasteiger partial charge in [-0.1, -0.05) is 15.9 Å². The third kappa shape index (κ3) is 3.12. The summed E-state index contributed by atoms with van der Waals surface area (Å²) >= 11 is 3.40. The molecule has 0 fully saturated rings. The number of primary amides is 1. The first-order chi connectivity index (χ1) is 11.1. The number of ether oxygens (including phenoxy) is 1. The summed E-state index contributed by atoms with van der Waals surface area (Å²) < 4.78 is 6.19. The minimum absolute atomic E-state index is 0.339. The van der Waals surface area contributed by atoms with E-state index in [4.69, 9.17) is 10.5 Å². The second kappa shape index (κ2) is 6.26. The Morgan fingerprint density at radius 3 is 2.61 bits per heavy atom. The van der Waals surface area contributed by atoms with E-state index in [1.54, 1.807) is 7.11 Å². The molecule has 0 bridgehead atoms. The van der Waals surface area contributed by atoms with Crippen molar-refractivity contribution in [3.63, 3.8) is 0 Å². The van der Waals surface area contributed by atoms with Crippen LogP contribution >= 0.6 is 15.9 Å². The number of nitrogens with zero attached hydrogens (tertiary/aromatic N) is 1. The van der Waals surface area contributed by atoms with Crippen LogP contribution in [0.1, 0.15) is 10.4 Å². The van der Waals surface area contributed by atoms with E-state index in [0.717, 1.165) is 15.5 Å². The molecule has 3 rings (SSSR count). The van der Waals surface area contributed by atoms with E-state index in [2.05, 4.69) is 26.2 Å². The molecule has 0 aliphatic carbocycles. The topological polar surface area (TPSA) is 77.2 Å². The van der Waals surface area contributed by atoms with Crippen molar-refractivity contribution in [3.8, 4) is 5.75 Å². The minimum Gasteiger partial charge on any atom is -0.497 e. The van der Waals surface area contributed by atoms with E-state index in [-0.39, 0.29) is 0 Å². The number of aromatic nitrogens is 1. The number of carbonyl (C=O) groups excluding carboxylic acids is 1. The number of fused-ring (bicyclic) bond motifs is 1. The minimum atomic E-state index is -0.533. The van der Waals surface area contributed by atoms with Crippen LogP contribution in [-0.2, 0) is 0 Å². The van der Waals surface area contributed by atoms with E-state index < -0.39 is 5.91 Å². The molecule has 0 saturated carbocycles. The zero-order chi connectivity index (χ0) is 16.4. The van der Waals surface area contributed by atoms with Crippen molar-refractivity contribution in [2.45, 2.75) is 0 Å².